The number of furan rings is 1. The van der Waals surface area contributed by atoms with Crippen LogP contribution >= 0.6 is 0 Å². The Kier molecular flexibility index (Phi) is 8.24. The second-order valence-corrected chi connectivity index (χ2v) is 12.9. The Morgan fingerprint density at radius 2 is 0.731 bits per heavy atom. The van der Waals surface area contributed by atoms with Crippen molar-refractivity contribution in [1.82, 2.24) is 0 Å². The molecule has 0 fully saturated rings. The van der Waals surface area contributed by atoms with Gasteiger partial charge in [0.2, 0.25) is 0 Å². The van der Waals surface area contributed by atoms with Crippen LogP contribution in [0, 0.1) is 0 Å². The standard InChI is InChI=1S/C50H35NO/c1-3-13-36(14-4-1)38-23-25-41(26-24-38)46-19-10-11-21-48(46)51(43-31-27-39(28-32-43)37-15-5-2-6-16-37)44-33-29-40(30-34-44)45-18-8-9-20-47(45)50-35-42-17-7-12-22-49(42)52-50/h1-35H. The van der Waals surface area contributed by atoms with E-state index in [0.29, 0.717) is 0 Å². The molecule has 0 aliphatic heterocycles. The van der Waals surface area contributed by atoms with Gasteiger partial charge in [0.15, 0.2) is 0 Å². The number of para-hydroxylation sites is 2. The van der Waals surface area contributed by atoms with Crippen LogP contribution in [0.25, 0.3) is 66.8 Å². The summed E-state index contributed by atoms with van der Waals surface area (Å²) in [4.78, 5) is 2.37. The predicted molar refractivity (Wildman–Crippen MR) is 218 cm³/mol. The maximum absolute atomic E-state index is 6.31. The predicted octanol–water partition coefficient (Wildman–Crippen LogP) is 14.2. The quantitative estimate of drug-likeness (QED) is 0.161. The van der Waals surface area contributed by atoms with Crippen molar-refractivity contribution in [3.8, 4) is 55.8 Å². The molecule has 1 aromatic heterocycles. The molecule has 0 aliphatic carbocycles. The van der Waals surface area contributed by atoms with E-state index >= 15 is 0 Å². The Balaban J connectivity index is 1.13. The normalized spacial score (nSPS) is 11.1. The summed E-state index contributed by atoms with van der Waals surface area (Å²) in [7, 11) is 0. The fourth-order valence-corrected chi connectivity index (χ4v) is 7.10. The lowest BCUT2D eigenvalue weighted by atomic mass is 9.96. The van der Waals surface area contributed by atoms with E-state index < -0.39 is 0 Å². The van der Waals surface area contributed by atoms with Gasteiger partial charge in [-0.1, -0.05) is 170 Å². The maximum Gasteiger partial charge on any atom is 0.136 e. The summed E-state index contributed by atoms with van der Waals surface area (Å²) < 4.78 is 6.31. The molecule has 0 atom stereocenters. The van der Waals surface area contributed by atoms with Gasteiger partial charge in [-0.3, -0.25) is 0 Å². The first-order valence-electron chi connectivity index (χ1n) is 17.7. The molecular formula is C50H35NO. The molecule has 1 heterocycles. The molecule has 0 aliphatic rings. The Morgan fingerprint density at radius 1 is 0.308 bits per heavy atom. The number of anilines is 3. The highest BCUT2D eigenvalue weighted by Crippen LogP contribution is 2.43. The Bertz CT molecular complexity index is 2550. The zero-order valence-corrected chi connectivity index (χ0v) is 28.6. The number of rotatable bonds is 8. The van der Waals surface area contributed by atoms with E-state index in [2.05, 4.69) is 199 Å². The van der Waals surface area contributed by atoms with Gasteiger partial charge in [0.25, 0.3) is 0 Å². The Hall–Kier alpha value is -6.90. The van der Waals surface area contributed by atoms with Crippen LogP contribution in [-0.4, -0.2) is 0 Å². The van der Waals surface area contributed by atoms with Gasteiger partial charge in [-0.2, -0.15) is 0 Å². The van der Waals surface area contributed by atoms with Gasteiger partial charge in [0.1, 0.15) is 11.3 Å². The fourth-order valence-electron chi connectivity index (χ4n) is 7.10. The first-order valence-corrected chi connectivity index (χ1v) is 17.7. The lowest BCUT2D eigenvalue weighted by Crippen LogP contribution is -2.11. The molecule has 52 heavy (non-hydrogen) atoms. The van der Waals surface area contributed by atoms with Crippen molar-refractivity contribution in [2.45, 2.75) is 0 Å². The summed E-state index contributed by atoms with van der Waals surface area (Å²) in [5, 5.41) is 1.10. The van der Waals surface area contributed by atoms with Crippen molar-refractivity contribution in [3.05, 3.63) is 212 Å². The molecule has 0 unspecified atom stereocenters. The molecule has 0 amide bonds. The molecule has 0 radical (unpaired) electrons. The van der Waals surface area contributed by atoms with Crippen LogP contribution in [0.2, 0.25) is 0 Å². The number of benzene rings is 8. The summed E-state index contributed by atoms with van der Waals surface area (Å²) in [6, 6.07) is 75.2. The van der Waals surface area contributed by atoms with Crippen molar-refractivity contribution in [2.24, 2.45) is 0 Å². The van der Waals surface area contributed by atoms with Gasteiger partial charge in [-0.25, -0.2) is 0 Å². The van der Waals surface area contributed by atoms with Gasteiger partial charge in [-0.05, 0) is 81.4 Å². The maximum atomic E-state index is 6.31. The number of hydrogen-bond donors (Lipinski definition) is 0. The van der Waals surface area contributed by atoms with E-state index in [1.54, 1.807) is 0 Å². The first-order chi connectivity index (χ1) is 25.8. The average Bonchev–Trinajstić information content (AvgIpc) is 3.67. The van der Waals surface area contributed by atoms with Crippen LogP contribution in [0.5, 0.6) is 0 Å². The minimum absolute atomic E-state index is 0.869. The third-order valence-electron chi connectivity index (χ3n) is 9.74. The second kappa shape index (κ2) is 13.8. The molecule has 246 valence electrons. The lowest BCUT2D eigenvalue weighted by molar-refractivity contribution is 0.632. The topological polar surface area (TPSA) is 16.4 Å². The third kappa shape index (κ3) is 6.08. The van der Waals surface area contributed by atoms with Crippen LogP contribution in [0.15, 0.2) is 217 Å². The molecule has 2 nitrogen and oxygen atoms in total. The molecule has 0 bridgehead atoms. The monoisotopic (exact) mass is 665 g/mol. The molecule has 0 N–H and O–H groups in total. The van der Waals surface area contributed by atoms with Crippen molar-refractivity contribution in [1.29, 1.82) is 0 Å². The molecule has 9 rings (SSSR count). The lowest BCUT2D eigenvalue weighted by Gasteiger charge is -2.28. The fraction of sp³-hybridized carbons (Fsp3) is 0. The van der Waals surface area contributed by atoms with E-state index in [0.717, 1.165) is 61.6 Å². The van der Waals surface area contributed by atoms with E-state index in [-0.39, 0.29) is 0 Å². The van der Waals surface area contributed by atoms with Crippen molar-refractivity contribution in [2.75, 3.05) is 4.90 Å². The van der Waals surface area contributed by atoms with E-state index in [4.69, 9.17) is 4.42 Å². The van der Waals surface area contributed by atoms with E-state index in [9.17, 15) is 0 Å². The summed E-state index contributed by atoms with van der Waals surface area (Å²) in [5.41, 5.74) is 14.6. The smallest absolute Gasteiger partial charge is 0.136 e. The highest BCUT2D eigenvalue weighted by Gasteiger charge is 2.18. The van der Waals surface area contributed by atoms with Crippen LogP contribution in [0.4, 0.5) is 17.1 Å². The van der Waals surface area contributed by atoms with Gasteiger partial charge >= 0.3 is 0 Å². The zero-order chi connectivity index (χ0) is 34.7. The minimum Gasteiger partial charge on any atom is -0.456 e. The molecule has 0 spiro atoms. The average molecular weight is 666 g/mol. The largest absolute Gasteiger partial charge is 0.456 e. The van der Waals surface area contributed by atoms with Crippen LogP contribution in [0.1, 0.15) is 0 Å². The molecule has 9 aromatic rings. The SMILES string of the molecule is c1ccc(-c2ccc(-c3ccccc3N(c3ccc(-c4ccccc4)cc3)c3ccc(-c4ccccc4-c4cc5ccccc5o4)cc3)cc2)cc1. The third-order valence-corrected chi connectivity index (χ3v) is 9.74. The highest BCUT2D eigenvalue weighted by molar-refractivity contribution is 5.91. The van der Waals surface area contributed by atoms with Gasteiger partial charge < -0.3 is 9.32 Å². The Morgan fingerprint density at radius 3 is 1.35 bits per heavy atom. The zero-order valence-electron chi connectivity index (χ0n) is 28.6. The van der Waals surface area contributed by atoms with Gasteiger partial charge in [0, 0.05) is 27.9 Å². The summed E-state index contributed by atoms with van der Waals surface area (Å²) >= 11 is 0. The first kappa shape index (κ1) is 31.1. The van der Waals surface area contributed by atoms with Gasteiger partial charge in [-0.15, -0.1) is 0 Å². The van der Waals surface area contributed by atoms with E-state index in [1.165, 1.54) is 22.3 Å². The number of nitrogens with zero attached hydrogens (tertiary/aromatic N) is 1. The number of fused-ring (bicyclic) bond motifs is 1. The van der Waals surface area contributed by atoms with Crippen LogP contribution < -0.4 is 4.90 Å². The van der Waals surface area contributed by atoms with Crippen molar-refractivity contribution < 1.29 is 4.42 Å². The molecule has 0 saturated carbocycles. The molecule has 2 heteroatoms. The van der Waals surface area contributed by atoms with Crippen LogP contribution in [0.3, 0.4) is 0 Å². The van der Waals surface area contributed by atoms with Crippen molar-refractivity contribution >= 4 is 28.0 Å². The van der Waals surface area contributed by atoms with Crippen molar-refractivity contribution in [3.63, 3.8) is 0 Å². The Labute approximate surface area is 304 Å². The van der Waals surface area contributed by atoms with Crippen LogP contribution in [-0.2, 0) is 0 Å². The summed E-state index contributed by atoms with van der Waals surface area (Å²) in [5.74, 6) is 0.869. The minimum atomic E-state index is 0.869. The molecule has 8 aromatic carbocycles. The summed E-state index contributed by atoms with van der Waals surface area (Å²) in [6.07, 6.45) is 0. The second-order valence-electron chi connectivity index (χ2n) is 12.9. The summed E-state index contributed by atoms with van der Waals surface area (Å²) in [6.45, 7) is 0. The molecule has 0 saturated heterocycles. The highest BCUT2D eigenvalue weighted by atomic mass is 16.3. The molecular weight excluding hydrogens is 631 g/mol. The number of hydrogen-bond acceptors (Lipinski definition) is 2. The van der Waals surface area contributed by atoms with E-state index in [1.807, 2.05) is 18.2 Å². The van der Waals surface area contributed by atoms with Gasteiger partial charge in [0.05, 0.1) is 5.69 Å².